The number of rotatable bonds is 3. The van der Waals surface area contributed by atoms with E-state index in [2.05, 4.69) is 6.58 Å². The lowest BCUT2D eigenvalue weighted by Crippen LogP contribution is -2.55. The number of thioether (sulfide) groups is 1. The highest BCUT2D eigenvalue weighted by Gasteiger charge is 2.56. The monoisotopic (exact) mass is 291 g/mol. The van der Waals surface area contributed by atoms with Crippen LogP contribution < -0.4 is 0 Å². The van der Waals surface area contributed by atoms with Gasteiger partial charge in [0.2, 0.25) is 0 Å². The SMILES string of the molecule is C=CCOC(=O)C1=C2CCSC[C@H]2[C@@H]2/C(=C/C)C(=O)N12. The smallest absolute Gasteiger partial charge is 0.355 e. The van der Waals surface area contributed by atoms with E-state index >= 15 is 0 Å². The normalized spacial score (nSPS) is 29.9. The van der Waals surface area contributed by atoms with Gasteiger partial charge in [0.05, 0.1) is 6.04 Å². The fourth-order valence-electron chi connectivity index (χ4n) is 3.24. The van der Waals surface area contributed by atoms with Crippen molar-refractivity contribution in [3.63, 3.8) is 0 Å². The van der Waals surface area contributed by atoms with Crippen LogP contribution in [0.15, 0.2) is 35.6 Å². The van der Waals surface area contributed by atoms with Gasteiger partial charge in [-0.25, -0.2) is 4.79 Å². The zero-order valence-corrected chi connectivity index (χ0v) is 12.2. The lowest BCUT2D eigenvalue weighted by Gasteiger charge is -2.41. The van der Waals surface area contributed by atoms with E-state index in [1.165, 1.54) is 0 Å². The number of allylic oxidation sites excluding steroid dienone is 1. The van der Waals surface area contributed by atoms with E-state index in [0.717, 1.165) is 29.1 Å². The Morgan fingerprint density at radius 3 is 3.10 bits per heavy atom. The Bertz CT molecular complexity index is 549. The highest BCUT2D eigenvalue weighted by Crippen LogP contribution is 2.50. The zero-order chi connectivity index (χ0) is 14.3. The number of ether oxygens (including phenoxy) is 1. The molecule has 0 saturated carbocycles. The Morgan fingerprint density at radius 2 is 2.40 bits per heavy atom. The summed E-state index contributed by atoms with van der Waals surface area (Å²) in [6, 6.07) is 0.0570. The number of carbonyl (C=O) groups excluding carboxylic acids is 2. The van der Waals surface area contributed by atoms with Crippen molar-refractivity contribution in [3.05, 3.63) is 35.6 Å². The number of β-lactam (4-membered cyclic amide) rings is 1. The lowest BCUT2D eigenvalue weighted by molar-refractivity contribution is -0.145. The predicted octanol–water partition coefficient (Wildman–Crippen LogP) is 1.89. The van der Waals surface area contributed by atoms with Gasteiger partial charge in [0, 0.05) is 17.2 Å². The fraction of sp³-hybridized carbons (Fsp3) is 0.467. The minimum Gasteiger partial charge on any atom is -0.457 e. The van der Waals surface area contributed by atoms with Crippen LogP contribution in [0.25, 0.3) is 0 Å². The van der Waals surface area contributed by atoms with Crippen molar-refractivity contribution in [2.45, 2.75) is 19.4 Å². The van der Waals surface area contributed by atoms with Crippen molar-refractivity contribution in [2.75, 3.05) is 18.1 Å². The number of esters is 1. The first-order valence-corrected chi connectivity index (χ1v) is 7.94. The van der Waals surface area contributed by atoms with Crippen LogP contribution in [0.3, 0.4) is 0 Å². The average Bonchev–Trinajstić information content (AvgIpc) is 2.77. The molecule has 4 nitrogen and oxygen atoms in total. The van der Waals surface area contributed by atoms with Gasteiger partial charge in [0.25, 0.3) is 5.91 Å². The minimum absolute atomic E-state index is 0.0463. The molecule has 3 aliphatic heterocycles. The number of hydrogen-bond donors (Lipinski definition) is 0. The molecule has 0 unspecified atom stereocenters. The number of fused-ring (bicyclic) bond motifs is 3. The van der Waals surface area contributed by atoms with Crippen LogP contribution in [0.2, 0.25) is 0 Å². The van der Waals surface area contributed by atoms with Crippen molar-refractivity contribution in [2.24, 2.45) is 5.92 Å². The molecular weight excluding hydrogens is 274 g/mol. The second-order valence-corrected chi connectivity index (χ2v) is 6.21. The van der Waals surface area contributed by atoms with Crippen LogP contribution >= 0.6 is 11.8 Å². The van der Waals surface area contributed by atoms with Crippen molar-refractivity contribution in [1.29, 1.82) is 0 Å². The summed E-state index contributed by atoms with van der Waals surface area (Å²) in [4.78, 5) is 26.1. The van der Waals surface area contributed by atoms with Gasteiger partial charge in [-0.1, -0.05) is 18.7 Å². The van der Waals surface area contributed by atoms with Gasteiger partial charge in [-0.15, -0.1) is 0 Å². The van der Waals surface area contributed by atoms with E-state index in [1.54, 1.807) is 11.0 Å². The Balaban J connectivity index is 1.95. The van der Waals surface area contributed by atoms with E-state index in [1.807, 2.05) is 24.8 Å². The molecule has 0 aromatic heterocycles. The number of hydrogen-bond acceptors (Lipinski definition) is 4. The summed E-state index contributed by atoms with van der Waals surface area (Å²) >= 11 is 1.89. The predicted molar refractivity (Wildman–Crippen MR) is 78.0 cm³/mol. The van der Waals surface area contributed by atoms with Gasteiger partial charge < -0.3 is 4.74 Å². The minimum atomic E-state index is -0.386. The van der Waals surface area contributed by atoms with Gasteiger partial charge in [-0.3, -0.25) is 9.69 Å². The van der Waals surface area contributed by atoms with Crippen LogP contribution in [0, 0.1) is 5.92 Å². The summed E-state index contributed by atoms with van der Waals surface area (Å²) in [5.41, 5.74) is 2.44. The van der Waals surface area contributed by atoms with Gasteiger partial charge in [-0.05, 0) is 24.7 Å². The van der Waals surface area contributed by atoms with E-state index in [9.17, 15) is 9.59 Å². The highest BCUT2D eigenvalue weighted by molar-refractivity contribution is 7.99. The second kappa shape index (κ2) is 5.13. The molecule has 0 bridgehead atoms. The molecule has 3 aliphatic rings. The molecular formula is C15H17NO3S. The van der Waals surface area contributed by atoms with Gasteiger partial charge >= 0.3 is 5.97 Å². The summed E-state index contributed by atoms with van der Waals surface area (Å²) in [7, 11) is 0. The van der Waals surface area contributed by atoms with Gasteiger partial charge in [0.15, 0.2) is 0 Å². The fourth-order valence-corrected chi connectivity index (χ4v) is 4.41. The third-order valence-corrected chi connectivity index (χ3v) is 5.17. The van der Waals surface area contributed by atoms with E-state index in [0.29, 0.717) is 5.70 Å². The number of carbonyl (C=O) groups is 2. The molecule has 106 valence electrons. The van der Waals surface area contributed by atoms with Crippen LogP contribution in [-0.2, 0) is 14.3 Å². The summed E-state index contributed by atoms with van der Waals surface area (Å²) in [5, 5.41) is 0. The molecule has 2 saturated heterocycles. The van der Waals surface area contributed by atoms with Gasteiger partial charge in [-0.2, -0.15) is 11.8 Å². The van der Waals surface area contributed by atoms with E-state index in [-0.39, 0.29) is 30.4 Å². The summed E-state index contributed by atoms with van der Waals surface area (Å²) < 4.78 is 5.16. The van der Waals surface area contributed by atoms with E-state index < -0.39 is 0 Å². The van der Waals surface area contributed by atoms with Crippen molar-refractivity contribution in [3.8, 4) is 0 Å². The summed E-state index contributed by atoms with van der Waals surface area (Å²) in [5.74, 6) is 1.82. The molecule has 0 aromatic rings. The number of nitrogens with zero attached hydrogens (tertiary/aromatic N) is 1. The Labute approximate surface area is 122 Å². The first-order chi connectivity index (χ1) is 9.70. The molecule has 3 rings (SSSR count). The van der Waals surface area contributed by atoms with Crippen LogP contribution in [0.5, 0.6) is 0 Å². The van der Waals surface area contributed by atoms with Gasteiger partial charge in [0.1, 0.15) is 12.3 Å². The quantitative estimate of drug-likeness (QED) is 0.345. The molecule has 2 atom stereocenters. The summed E-state index contributed by atoms with van der Waals surface area (Å²) in [6.45, 7) is 5.60. The largest absolute Gasteiger partial charge is 0.457 e. The molecule has 2 fully saturated rings. The topological polar surface area (TPSA) is 46.6 Å². The maximum absolute atomic E-state index is 12.2. The maximum atomic E-state index is 12.2. The Hall–Kier alpha value is -1.49. The molecule has 0 N–H and O–H groups in total. The summed E-state index contributed by atoms with van der Waals surface area (Å²) in [6.07, 6.45) is 4.28. The second-order valence-electron chi connectivity index (χ2n) is 5.06. The van der Waals surface area contributed by atoms with Crippen molar-refractivity contribution in [1.82, 2.24) is 4.90 Å². The molecule has 3 heterocycles. The first-order valence-electron chi connectivity index (χ1n) is 6.79. The standard InChI is InChI=1S/C15H17NO3S/c1-3-6-19-15(18)13-10-5-7-20-8-11(10)12-9(4-2)14(17)16(12)13/h3-4,11-12H,1,5-8H2,2H3/b9-4-/t11-,12+/m1/s1. The Kier molecular flexibility index (Phi) is 3.46. The molecule has 0 spiro atoms. The molecule has 20 heavy (non-hydrogen) atoms. The lowest BCUT2D eigenvalue weighted by atomic mass is 9.84. The first kappa shape index (κ1) is 13.5. The maximum Gasteiger partial charge on any atom is 0.355 e. The van der Waals surface area contributed by atoms with Crippen LogP contribution in [-0.4, -0.2) is 40.9 Å². The third kappa shape index (κ3) is 1.76. The Morgan fingerprint density at radius 1 is 1.60 bits per heavy atom. The van der Waals surface area contributed by atoms with Crippen molar-refractivity contribution >= 4 is 23.6 Å². The third-order valence-electron chi connectivity index (χ3n) is 4.09. The van der Waals surface area contributed by atoms with Crippen LogP contribution in [0.1, 0.15) is 13.3 Å². The molecule has 0 aromatic carbocycles. The van der Waals surface area contributed by atoms with E-state index in [4.69, 9.17) is 4.74 Å². The molecule has 1 amide bonds. The number of amides is 1. The molecule has 0 radical (unpaired) electrons. The zero-order valence-electron chi connectivity index (χ0n) is 11.4. The van der Waals surface area contributed by atoms with Crippen molar-refractivity contribution < 1.29 is 14.3 Å². The van der Waals surface area contributed by atoms with Crippen LogP contribution in [0.4, 0.5) is 0 Å². The average molecular weight is 291 g/mol. The molecule has 0 aliphatic carbocycles. The highest BCUT2D eigenvalue weighted by atomic mass is 32.2. The molecule has 5 heteroatoms.